The van der Waals surface area contributed by atoms with Crippen LogP contribution >= 0.6 is 0 Å². The molecule has 0 aliphatic heterocycles. The molecule has 0 heterocycles. The van der Waals surface area contributed by atoms with Gasteiger partial charge in [0.2, 0.25) is 0 Å². The predicted octanol–water partition coefficient (Wildman–Crippen LogP) is 4.40. The third-order valence-electron chi connectivity index (χ3n) is 3.52. The van der Waals surface area contributed by atoms with E-state index in [9.17, 15) is 22.0 Å². The van der Waals surface area contributed by atoms with Crippen molar-refractivity contribution in [2.75, 3.05) is 0 Å². The van der Waals surface area contributed by atoms with Gasteiger partial charge in [0.1, 0.15) is 5.41 Å². The number of hydrogen-bond donors (Lipinski definition) is 0. The van der Waals surface area contributed by atoms with Crippen LogP contribution in [0.5, 0.6) is 0 Å². The fourth-order valence-electron chi connectivity index (χ4n) is 2.24. The van der Waals surface area contributed by atoms with Gasteiger partial charge >= 0.3 is 6.18 Å². The summed E-state index contributed by atoms with van der Waals surface area (Å²) in [6.07, 6.45) is -5.51. The first-order chi connectivity index (χ1) is 6.80. The smallest absolute Gasteiger partial charge is 0.210 e. The maximum atomic E-state index is 12.7. The van der Waals surface area contributed by atoms with Gasteiger partial charge < -0.3 is 0 Å². The van der Waals surface area contributed by atoms with Crippen LogP contribution in [-0.2, 0) is 0 Å². The number of alkyl halides is 5. The summed E-state index contributed by atoms with van der Waals surface area (Å²) < 4.78 is 63.3. The topological polar surface area (TPSA) is 0 Å². The van der Waals surface area contributed by atoms with Gasteiger partial charge in [-0.05, 0) is 25.7 Å². The van der Waals surface area contributed by atoms with Gasteiger partial charge in [-0.1, -0.05) is 19.3 Å². The van der Waals surface area contributed by atoms with E-state index in [1.807, 2.05) is 0 Å². The average molecular weight is 230 g/mol. The second kappa shape index (κ2) is 4.26. The molecule has 1 aliphatic carbocycles. The molecular formula is C10H15F5. The highest BCUT2D eigenvalue weighted by atomic mass is 19.4. The summed E-state index contributed by atoms with van der Waals surface area (Å²) in [5.41, 5.74) is -2.83. The first kappa shape index (κ1) is 12.7. The van der Waals surface area contributed by atoms with Crippen molar-refractivity contribution in [3.8, 4) is 0 Å². The molecule has 0 radical (unpaired) electrons. The summed E-state index contributed by atoms with van der Waals surface area (Å²) in [7, 11) is 0. The molecule has 1 unspecified atom stereocenters. The van der Waals surface area contributed by atoms with Gasteiger partial charge in [0, 0.05) is 0 Å². The molecular weight excluding hydrogens is 215 g/mol. The van der Waals surface area contributed by atoms with E-state index in [1.54, 1.807) is 0 Å². The summed E-state index contributed by atoms with van der Waals surface area (Å²) >= 11 is 0. The molecule has 0 bridgehead atoms. The highest BCUT2D eigenvalue weighted by Gasteiger charge is 2.61. The molecule has 0 spiro atoms. The van der Waals surface area contributed by atoms with Gasteiger partial charge in [0.05, 0.1) is 0 Å². The number of hydrogen-bond acceptors (Lipinski definition) is 0. The fourth-order valence-corrected chi connectivity index (χ4v) is 2.24. The van der Waals surface area contributed by atoms with Gasteiger partial charge in [0.25, 0.3) is 6.43 Å². The summed E-state index contributed by atoms with van der Waals surface area (Å²) in [4.78, 5) is 0. The molecule has 0 N–H and O–H groups in total. The third-order valence-corrected chi connectivity index (χ3v) is 3.52. The van der Waals surface area contributed by atoms with E-state index in [2.05, 4.69) is 0 Å². The quantitative estimate of drug-likeness (QED) is 0.617. The lowest BCUT2D eigenvalue weighted by Crippen LogP contribution is -2.48. The summed E-state index contributed by atoms with van der Waals surface area (Å²) in [6.45, 7) is 0.660. The highest BCUT2D eigenvalue weighted by molar-refractivity contribution is 4.92. The minimum atomic E-state index is -4.82. The summed E-state index contributed by atoms with van der Waals surface area (Å²) in [5.74, 6) is -0.925. The lowest BCUT2D eigenvalue weighted by atomic mass is 9.69. The third kappa shape index (κ3) is 2.26. The molecule has 0 saturated heterocycles. The minimum absolute atomic E-state index is 0.264. The predicted molar refractivity (Wildman–Crippen MR) is 46.7 cm³/mol. The summed E-state index contributed by atoms with van der Waals surface area (Å²) in [6, 6.07) is 0. The lowest BCUT2D eigenvalue weighted by Gasteiger charge is -2.40. The van der Waals surface area contributed by atoms with Crippen LogP contribution in [0.4, 0.5) is 22.0 Å². The molecule has 0 nitrogen and oxygen atoms in total. The van der Waals surface area contributed by atoms with Crippen LogP contribution in [0.25, 0.3) is 0 Å². The number of halogens is 5. The molecule has 1 rings (SSSR count). The minimum Gasteiger partial charge on any atom is -0.210 e. The average Bonchev–Trinajstić information content (AvgIpc) is 2.16. The van der Waals surface area contributed by atoms with Gasteiger partial charge in [-0.3, -0.25) is 0 Å². The monoisotopic (exact) mass is 230 g/mol. The molecule has 0 aromatic heterocycles. The standard InChI is InChI=1S/C10H15F5/c1-9(8(11)12,10(13,14)15)7-5-3-2-4-6-7/h7-8H,2-6H2,1H3. The zero-order chi connectivity index (χ0) is 11.7. The Hall–Kier alpha value is -0.350. The van der Waals surface area contributed by atoms with Gasteiger partial charge in [-0.15, -0.1) is 0 Å². The Morgan fingerprint density at radius 2 is 1.47 bits per heavy atom. The van der Waals surface area contributed by atoms with E-state index >= 15 is 0 Å². The van der Waals surface area contributed by atoms with Crippen LogP contribution in [0.15, 0.2) is 0 Å². The van der Waals surface area contributed by atoms with E-state index in [0.29, 0.717) is 19.8 Å². The van der Waals surface area contributed by atoms with Crippen molar-refractivity contribution in [1.29, 1.82) is 0 Å². The van der Waals surface area contributed by atoms with E-state index in [-0.39, 0.29) is 12.8 Å². The van der Waals surface area contributed by atoms with Crippen molar-refractivity contribution in [1.82, 2.24) is 0 Å². The van der Waals surface area contributed by atoms with Crippen molar-refractivity contribution < 1.29 is 22.0 Å². The van der Waals surface area contributed by atoms with Crippen LogP contribution in [0.2, 0.25) is 0 Å². The van der Waals surface area contributed by atoms with Crippen molar-refractivity contribution in [3.63, 3.8) is 0 Å². The fraction of sp³-hybridized carbons (Fsp3) is 1.00. The molecule has 1 saturated carbocycles. The number of rotatable bonds is 2. The zero-order valence-corrected chi connectivity index (χ0v) is 8.58. The Bertz CT molecular complexity index is 204. The Morgan fingerprint density at radius 1 is 1.00 bits per heavy atom. The summed E-state index contributed by atoms with van der Waals surface area (Å²) in [5, 5.41) is 0. The van der Waals surface area contributed by atoms with Crippen molar-refractivity contribution in [2.24, 2.45) is 11.3 Å². The Kier molecular flexibility index (Phi) is 3.61. The second-order valence-electron chi connectivity index (χ2n) is 4.42. The molecule has 0 amide bonds. The molecule has 0 aromatic rings. The van der Waals surface area contributed by atoms with Crippen molar-refractivity contribution >= 4 is 0 Å². The normalized spacial score (nSPS) is 24.2. The van der Waals surface area contributed by atoms with Crippen molar-refractivity contribution in [3.05, 3.63) is 0 Å². The van der Waals surface area contributed by atoms with Crippen LogP contribution in [0, 0.1) is 11.3 Å². The Morgan fingerprint density at radius 3 is 1.80 bits per heavy atom. The van der Waals surface area contributed by atoms with Crippen molar-refractivity contribution in [2.45, 2.75) is 51.6 Å². The van der Waals surface area contributed by atoms with Crippen LogP contribution in [0.1, 0.15) is 39.0 Å². The van der Waals surface area contributed by atoms with Crippen LogP contribution in [-0.4, -0.2) is 12.6 Å². The SMILES string of the molecule is CC(C(F)F)(C1CCCCC1)C(F)(F)F. The zero-order valence-electron chi connectivity index (χ0n) is 8.58. The maximum absolute atomic E-state index is 12.7. The highest BCUT2D eigenvalue weighted by Crippen LogP contribution is 2.52. The maximum Gasteiger partial charge on any atom is 0.399 e. The van der Waals surface area contributed by atoms with E-state index in [0.717, 1.165) is 6.42 Å². The second-order valence-corrected chi connectivity index (χ2v) is 4.42. The van der Waals surface area contributed by atoms with Crippen LogP contribution < -0.4 is 0 Å². The lowest BCUT2D eigenvalue weighted by molar-refractivity contribution is -0.279. The largest absolute Gasteiger partial charge is 0.399 e. The molecule has 1 aliphatic rings. The molecule has 1 fully saturated rings. The molecule has 15 heavy (non-hydrogen) atoms. The first-order valence-corrected chi connectivity index (χ1v) is 5.15. The molecule has 1 atom stereocenters. The van der Waals surface area contributed by atoms with Gasteiger partial charge in [0.15, 0.2) is 0 Å². The van der Waals surface area contributed by atoms with E-state index in [1.165, 1.54) is 0 Å². The Balaban J connectivity index is 2.89. The van der Waals surface area contributed by atoms with Gasteiger partial charge in [-0.2, -0.15) is 13.2 Å². The van der Waals surface area contributed by atoms with Crippen LogP contribution in [0.3, 0.4) is 0 Å². The van der Waals surface area contributed by atoms with E-state index < -0.39 is 23.9 Å². The Labute approximate surface area is 85.8 Å². The van der Waals surface area contributed by atoms with E-state index in [4.69, 9.17) is 0 Å². The molecule has 0 aromatic carbocycles. The molecule has 5 heteroatoms. The van der Waals surface area contributed by atoms with Gasteiger partial charge in [-0.25, -0.2) is 8.78 Å². The first-order valence-electron chi connectivity index (χ1n) is 5.15. The molecule has 90 valence electrons.